The van der Waals surface area contributed by atoms with Crippen molar-refractivity contribution in [1.82, 2.24) is 4.90 Å². The van der Waals surface area contributed by atoms with E-state index < -0.39 is 4.92 Å². The maximum absolute atomic E-state index is 11.8. The van der Waals surface area contributed by atoms with Crippen LogP contribution in [0.2, 0.25) is 0 Å². The van der Waals surface area contributed by atoms with Crippen LogP contribution in [0, 0.1) is 10.1 Å². The minimum absolute atomic E-state index is 0.0896. The summed E-state index contributed by atoms with van der Waals surface area (Å²) >= 11 is 0. The zero-order chi connectivity index (χ0) is 17.7. The van der Waals surface area contributed by atoms with Crippen molar-refractivity contribution in [1.29, 1.82) is 0 Å². The van der Waals surface area contributed by atoms with Crippen LogP contribution in [0.3, 0.4) is 0 Å². The zero-order valence-corrected chi connectivity index (χ0v) is 13.7. The summed E-state index contributed by atoms with van der Waals surface area (Å²) in [6, 6.07) is 11.3. The molecular weight excluding hydrogens is 312 g/mol. The van der Waals surface area contributed by atoms with Gasteiger partial charge >= 0.3 is 5.69 Å². The monoisotopic (exact) mass is 330 g/mol. The molecule has 126 valence electrons. The molecule has 2 aromatic carbocycles. The topological polar surface area (TPSA) is 81.9 Å². The smallest absolute Gasteiger partial charge is 0.314 e. The average molecular weight is 330 g/mol. The predicted molar refractivity (Wildman–Crippen MR) is 88.4 cm³/mol. The fraction of sp³-hybridized carbons (Fsp3) is 0.235. The molecule has 7 heteroatoms. The van der Waals surface area contributed by atoms with Crippen LogP contribution in [-0.4, -0.2) is 36.9 Å². The average Bonchev–Trinajstić information content (AvgIpc) is 2.59. The van der Waals surface area contributed by atoms with E-state index in [2.05, 4.69) is 0 Å². The van der Waals surface area contributed by atoms with Gasteiger partial charge in [-0.1, -0.05) is 12.1 Å². The molecule has 0 spiro atoms. The largest absolute Gasteiger partial charge is 0.496 e. The predicted octanol–water partition coefficient (Wildman–Crippen LogP) is 2.88. The maximum Gasteiger partial charge on any atom is 0.314 e. The summed E-state index contributed by atoms with van der Waals surface area (Å²) in [6.45, 7) is 0.156. The number of nitro benzene ring substituents is 1. The molecule has 0 saturated heterocycles. The molecule has 0 atom stereocenters. The van der Waals surface area contributed by atoms with Crippen molar-refractivity contribution in [3.8, 4) is 11.5 Å². The molecule has 2 aromatic rings. The number of rotatable bonds is 6. The molecule has 24 heavy (non-hydrogen) atoms. The lowest BCUT2D eigenvalue weighted by molar-refractivity contribution is -0.386. The SMILES string of the molecule is COc1ccc(OCc2ccc(C(=O)N(C)C)cc2)c([N+](=O)[O-])c1. The van der Waals surface area contributed by atoms with Crippen LogP contribution in [-0.2, 0) is 6.61 Å². The second-order valence-corrected chi connectivity index (χ2v) is 5.28. The van der Waals surface area contributed by atoms with E-state index in [1.807, 2.05) is 0 Å². The number of benzene rings is 2. The van der Waals surface area contributed by atoms with Crippen molar-refractivity contribution < 1.29 is 19.2 Å². The first-order valence-corrected chi connectivity index (χ1v) is 7.18. The van der Waals surface area contributed by atoms with Crippen molar-refractivity contribution >= 4 is 11.6 Å². The molecule has 1 amide bonds. The van der Waals surface area contributed by atoms with Crippen molar-refractivity contribution in [3.05, 3.63) is 63.7 Å². The third kappa shape index (κ3) is 4.01. The Kier molecular flexibility index (Phi) is 5.36. The van der Waals surface area contributed by atoms with Crippen molar-refractivity contribution in [2.45, 2.75) is 6.61 Å². The van der Waals surface area contributed by atoms with Gasteiger partial charge in [-0.2, -0.15) is 0 Å². The minimum atomic E-state index is -0.517. The summed E-state index contributed by atoms with van der Waals surface area (Å²) in [6.07, 6.45) is 0. The van der Waals surface area contributed by atoms with Gasteiger partial charge in [-0.05, 0) is 29.8 Å². The molecule has 7 nitrogen and oxygen atoms in total. The Morgan fingerprint density at radius 3 is 2.38 bits per heavy atom. The first-order chi connectivity index (χ1) is 11.4. The number of hydrogen-bond acceptors (Lipinski definition) is 5. The highest BCUT2D eigenvalue weighted by molar-refractivity contribution is 5.93. The Labute approximate surface area is 139 Å². The van der Waals surface area contributed by atoms with E-state index in [9.17, 15) is 14.9 Å². The van der Waals surface area contributed by atoms with E-state index in [0.29, 0.717) is 11.3 Å². The van der Waals surface area contributed by atoms with Crippen LogP contribution in [0.15, 0.2) is 42.5 Å². The molecule has 0 aliphatic carbocycles. The highest BCUT2D eigenvalue weighted by Gasteiger charge is 2.16. The molecule has 0 aliphatic heterocycles. The van der Waals surface area contributed by atoms with Crippen molar-refractivity contribution in [2.75, 3.05) is 21.2 Å². The van der Waals surface area contributed by atoms with E-state index >= 15 is 0 Å². The lowest BCUT2D eigenvalue weighted by atomic mass is 10.1. The van der Waals surface area contributed by atoms with Gasteiger partial charge < -0.3 is 14.4 Å². The quantitative estimate of drug-likeness (QED) is 0.601. The summed E-state index contributed by atoms with van der Waals surface area (Å²) < 4.78 is 10.5. The number of amides is 1. The number of carbonyl (C=O) groups excluding carboxylic acids is 1. The number of carbonyl (C=O) groups is 1. The molecule has 0 aliphatic rings. The fourth-order valence-electron chi connectivity index (χ4n) is 2.05. The van der Waals surface area contributed by atoms with Crippen LogP contribution in [0.1, 0.15) is 15.9 Å². The highest BCUT2D eigenvalue weighted by atomic mass is 16.6. The first kappa shape index (κ1) is 17.3. The normalized spacial score (nSPS) is 10.1. The Balaban J connectivity index is 2.11. The van der Waals surface area contributed by atoms with Gasteiger partial charge in [0.05, 0.1) is 18.1 Å². The Morgan fingerprint density at radius 1 is 1.17 bits per heavy atom. The van der Waals surface area contributed by atoms with Crippen molar-refractivity contribution in [3.63, 3.8) is 0 Å². The Morgan fingerprint density at radius 2 is 1.83 bits per heavy atom. The van der Waals surface area contributed by atoms with Crippen LogP contribution in [0.5, 0.6) is 11.5 Å². The summed E-state index contributed by atoms with van der Waals surface area (Å²) in [7, 11) is 4.81. The summed E-state index contributed by atoms with van der Waals surface area (Å²) in [4.78, 5) is 23.9. The third-order valence-corrected chi connectivity index (χ3v) is 3.36. The van der Waals surface area contributed by atoms with Gasteiger partial charge in [0.25, 0.3) is 5.91 Å². The number of ether oxygens (including phenoxy) is 2. The Hall–Kier alpha value is -3.09. The number of hydrogen-bond donors (Lipinski definition) is 0. The second-order valence-electron chi connectivity index (χ2n) is 5.28. The molecule has 0 saturated carbocycles. The molecule has 0 aromatic heterocycles. The molecular formula is C17H18N2O5. The van der Waals surface area contributed by atoms with E-state index in [1.165, 1.54) is 24.1 Å². The number of methoxy groups -OCH3 is 1. The van der Waals surface area contributed by atoms with Gasteiger partial charge in [-0.3, -0.25) is 14.9 Å². The fourth-order valence-corrected chi connectivity index (χ4v) is 2.05. The minimum Gasteiger partial charge on any atom is -0.496 e. The summed E-state index contributed by atoms with van der Waals surface area (Å²) in [5, 5.41) is 11.1. The van der Waals surface area contributed by atoms with E-state index in [4.69, 9.17) is 9.47 Å². The van der Waals surface area contributed by atoms with Crippen molar-refractivity contribution in [2.24, 2.45) is 0 Å². The molecule has 0 bridgehead atoms. The maximum atomic E-state index is 11.8. The van der Waals surface area contributed by atoms with E-state index in [-0.39, 0.29) is 24.0 Å². The Bertz CT molecular complexity index is 741. The van der Waals surface area contributed by atoms with Gasteiger partial charge in [-0.15, -0.1) is 0 Å². The molecule has 0 unspecified atom stereocenters. The lowest BCUT2D eigenvalue weighted by Gasteiger charge is -2.11. The van der Waals surface area contributed by atoms with Crippen LogP contribution in [0.25, 0.3) is 0 Å². The van der Waals surface area contributed by atoms with Gasteiger partial charge in [0, 0.05) is 19.7 Å². The van der Waals surface area contributed by atoms with Gasteiger partial charge in [0.1, 0.15) is 12.4 Å². The van der Waals surface area contributed by atoms with Crippen LogP contribution in [0.4, 0.5) is 5.69 Å². The van der Waals surface area contributed by atoms with E-state index in [1.54, 1.807) is 44.4 Å². The third-order valence-electron chi connectivity index (χ3n) is 3.36. The standard InChI is InChI=1S/C17H18N2O5/c1-18(2)17(20)13-6-4-12(5-7-13)11-24-16-9-8-14(23-3)10-15(16)19(21)22/h4-10H,11H2,1-3H3. The molecule has 0 heterocycles. The van der Waals surface area contributed by atoms with Crippen LogP contribution >= 0.6 is 0 Å². The molecule has 2 rings (SSSR count). The summed E-state index contributed by atoms with van der Waals surface area (Å²) in [5.41, 5.74) is 1.21. The second kappa shape index (κ2) is 7.45. The molecule has 0 fully saturated rings. The lowest BCUT2D eigenvalue weighted by Crippen LogP contribution is -2.21. The highest BCUT2D eigenvalue weighted by Crippen LogP contribution is 2.31. The first-order valence-electron chi connectivity index (χ1n) is 7.18. The van der Waals surface area contributed by atoms with Crippen LogP contribution < -0.4 is 9.47 Å². The zero-order valence-electron chi connectivity index (χ0n) is 13.7. The van der Waals surface area contributed by atoms with Gasteiger partial charge in [-0.25, -0.2) is 0 Å². The van der Waals surface area contributed by atoms with Gasteiger partial charge in [0.15, 0.2) is 5.75 Å². The van der Waals surface area contributed by atoms with Gasteiger partial charge in [0.2, 0.25) is 0 Å². The van der Waals surface area contributed by atoms with E-state index in [0.717, 1.165) is 5.56 Å². The number of nitro groups is 1. The number of nitrogens with zero attached hydrogens (tertiary/aromatic N) is 2. The molecule has 0 N–H and O–H groups in total. The summed E-state index contributed by atoms with van der Waals surface area (Å²) in [5.74, 6) is 0.461. The molecule has 0 radical (unpaired) electrons.